The number of carboxylic acid groups (broad SMARTS) is 1. The maximum absolute atomic E-state index is 10.7. The maximum Gasteiger partial charge on any atom is 0.394 e. The average molecular weight is 209 g/mol. The highest BCUT2D eigenvalue weighted by Gasteiger charge is 2.09. The van der Waals surface area contributed by atoms with Crippen molar-refractivity contribution in [2.45, 2.75) is 6.54 Å². The van der Waals surface area contributed by atoms with E-state index in [9.17, 15) is 9.59 Å². The van der Waals surface area contributed by atoms with Crippen molar-refractivity contribution in [1.82, 2.24) is 5.32 Å². The number of rotatable bonds is 3. The van der Waals surface area contributed by atoms with E-state index in [1.165, 1.54) is 0 Å². The summed E-state index contributed by atoms with van der Waals surface area (Å²) in [4.78, 5) is 20.9. The van der Waals surface area contributed by atoms with Crippen LogP contribution in [0.15, 0.2) is 24.3 Å². The van der Waals surface area contributed by atoms with Crippen molar-refractivity contribution in [1.29, 1.82) is 0 Å². The molecule has 5 nitrogen and oxygen atoms in total. The number of hydrogen-bond acceptors (Lipinski definition) is 3. The summed E-state index contributed by atoms with van der Waals surface area (Å²) in [6.07, 6.45) is 0. The monoisotopic (exact) mass is 209 g/mol. The van der Waals surface area contributed by atoms with Gasteiger partial charge in [-0.25, -0.2) is 4.79 Å². The molecule has 0 unspecified atom stereocenters. The second-order valence-electron chi connectivity index (χ2n) is 2.84. The first kappa shape index (κ1) is 11.0. The van der Waals surface area contributed by atoms with E-state index in [0.717, 1.165) is 5.56 Å². The Morgan fingerprint density at radius 3 is 2.40 bits per heavy atom. The first-order chi connectivity index (χ1) is 7.13. The van der Waals surface area contributed by atoms with Crippen LogP contribution >= 0.6 is 0 Å². The molecule has 2 N–H and O–H groups in total. The fraction of sp³-hybridized carbons (Fsp3) is 0.200. The number of aliphatic carboxylic acids is 1. The van der Waals surface area contributed by atoms with E-state index >= 15 is 0 Å². The molecule has 0 radical (unpaired) electrons. The minimum absolute atomic E-state index is 0.190. The number of amides is 1. The zero-order valence-corrected chi connectivity index (χ0v) is 8.19. The van der Waals surface area contributed by atoms with Crippen molar-refractivity contribution in [3.8, 4) is 5.75 Å². The lowest BCUT2D eigenvalue weighted by atomic mass is 10.2. The average Bonchev–Trinajstić information content (AvgIpc) is 2.26. The van der Waals surface area contributed by atoms with Crippen LogP contribution in [0.5, 0.6) is 5.75 Å². The van der Waals surface area contributed by atoms with E-state index < -0.39 is 11.9 Å². The van der Waals surface area contributed by atoms with Gasteiger partial charge in [0.2, 0.25) is 0 Å². The molecule has 0 aliphatic heterocycles. The topological polar surface area (TPSA) is 75.6 Å². The smallest absolute Gasteiger partial charge is 0.394 e. The van der Waals surface area contributed by atoms with Gasteiger partial charge in [-0.05, 0) is 17.7 Å². The Bertz CT molecular complexity index is 358. The van der Waals surface area contributed by atoms with Crippen LogP contribution < -0.4 is 10.1 Å². The van der Waals surface area contributed by atoms with Crippen LogP contribution in [0.4, 0.5) is 0 Å². The van der Waals surface area contributed by atoms with Crippen LogP contribution in [0.25, 0.3) is 0 Å². The Kier molecular flexibility index (Phi) is 3.68. The summed E-state index contributed by atoms with van der Waals surface area (Å²) in [5.74, 6) is -1.78. The summed E-state index contributed by atoms with van der Waals surface area (Å²) in [5, 5.41) is 10.6. The molecule has 0 bridgehead atoms. The molecule has 5 heteroatoms. The van der Waals surface area contributed by atoms with Crippen LogP contribution in [0, 0.1) is 0 Å². The quantitative estimate of drug-likeness (QED) is 0.706. The molecule has 0 heterocycles. The third kappa shape index (κ3) is 3.30. The highest BCUT2D eigenvalue weighted by Crippen LogP contribution is 2.10. The van der Waals surface area contributed by atoms with E-state index in [1.807, 2.05) is 0 Å². The van der Waals surface area contributed by atoms with Gasteiger partial charge in [0.05, 0.1) is 7.11 Å². The second kappa shape index (κ2) is 4.99. The number of hydrogen-bond donors (Lipinski definition) is 2. The van der Waals surface area contributed by atoms with Crippen LogP contribution in [-0.2, 0) is 16.1 Å². The van der Waals surface area contributed by atoms with Gasteiger partial charge in [-0.15, -0.1) is 0 Å². The Morgan fingerprint density at radius 1 is 1.33 bits per heavy atom. The fourth-order valence-electron chi connectivity index (χ4n) is 1.00. The molecule has 1 amide bonds. The van der Waals surface area contributed by atoms with Crippen LogP contribution in [-0.4, -0.2) is 24.1 Å². The number of ether oxygens (including phenoxy) is 1. The molecule has 1 rings (SSSR count). The van der Waals surface area contributed by atoms with Crippen LogP contribution in [0.3, 0.4) is 0 Å². The summed E-state index contributed by atoms with van der Waals surface area (Å²) in [7, 11) is 1.56. The van der Waals surface area contributed by atoms with E-state index in [-0.39, 0.29) is 6.54 Å². The molecular formula is C10H11NO4. The van der Waals surface area contributed by atoms with Gasteiger partial charge in [0.15, 0.2) is 0 Å². The summed E-state index contributed by atoms with van der Waals surface area (Å²) in [5.41, 5.74) is 0.811. The molecule has 0 spiro atoms. The van der Waals surface area contributed by atoms with Crippen molar-refractivity contribution in [3.05, 3.63) is 29.8 Å². The molecule has 1 aromatic carbocycles. The lowest BCUT2D eigenvalue weighted by Gasteiger charge is -2.03. The second-order valence-corrected chi connectivity index (χ2v) is 2.84. The Hall–Kier alpha value is -2.04. The Balaban J connectivity index is 2.51. The highest BCUT2D eigenvalue weighted by atomic mass is 16.5. The van der Waals surface area contributed by atoms with Crippen molar-refractivity contribution in [2.75, 3.05) is 7.11 Å². The number of carbonyl (C=O) groups is 2. The predicted octanol–water partition coefficient (Wildman–Crippen LogP) is 0.396. The first-order valence-corrected chi connectivity index (χ1v) is 4.27. The Labute approximate surface area is 86.7 Å². The van der Waals surface area contributed by atoms with Gasteiger partial charge in [-0.1, -0.05) is 12.1 Å². The van der Waals surface area contributed by atoms with Crippen molar-refractivity contribution < 1.29 is 19.4 Å². The first-order valence-electron chi connectivity index (χ1n) is 4.27. The molecule has 0 aromatic heterocycles. The maximum atomic E-state index is 10.7. The van der Waals surface area contributed by atoms with Gasteiger partial charge >= 0.3 is 11.9 Å². The minimum Gasteiger partial charge on any atom is -0.497 e. The van der Waals surface area contributed by atoms with Gasteiger partial charge in [0, 0.05) is 6.54 Å². The summed E-state index contributed by atoms with van der Waals surface area (Å²) >= 11 is 0. The zero-order chi connectivity index (χ0) is 11.3. The summed E-state index contributed by atoms with van der Waals surface area (Å²) < 4.78 is 4.95. The molecule has 0 atom stereocenters. The molecule has 0 aliphatic carbocycles. The van der Waals surface area contributed by atoms with Gasteiger partial charge in [0.25, 0.3) is 0 Å². The molecule has 1 aromatic rings. The summed E-state index contributed by atoms with van der Waals surface area (Å²) in [6, 6.07) is 6.98. The van der Waals surface area contributed by atoms with Gasteiger partial charge < -0.3 is 15.2 Å². The van der Waals surface area contributed by atoms with Crippen molar-refractivity contribution in [2.24, 2.45) is 0 Å². The highest BCUT2D eigenvalue weighted by molar-refractivity contribution is 6.31. The molecule has 0 saturated heterocycles. The number of carboxylic acids is 1. The van der Waals surface area contributed by atoms with Gasteiger partial charge in [-0.2, -0.15) is 0 Å². The van der Waals surface area contributed by atoms with E-state index in [2.05, 4.69) is 5.32 Å². The number of nitrogens with one attached hydrogen (secondary N) is 1. The number of methoxy groups -OCH3 is 1. The van der Waals surface area contributed by atoms with E-state index in [0.29, 0.717) is 5.75 Å². The standard InChI is InChI=1S/C10H11NO4/c1-15-8-4-2-7(3-5-8)6-11-9(12)10(13)14/h2-5H,6H2,1H3,(H,11,12)(H,13,14). The lowest BCUT2D eigenvalue weighted by molar-refractivity contribution is -0.150. The van der Waals surface area contributed by atoms with Crippen molar-refractivity contribution >= 4 is 11.9 Å². The fourth-order valence-corrected chi connectivity index (χ4v) is 1.00. The molecule has 0 aliphatic rings. The molecular weight excluding hydrogens is 198 g/mol. The van der Waals surface area contributed by atoms with Crippen LogP contribution in [0.2, 0.25) is 0 Å². The molecule has 0 saturated carbocycles. The third-order valence-corrected chi connectivity index (χ3v) is 1.81. The third-order valence-electron chi connectivity index (χ3n) is 1.81. The summed E-state index contributed by atoms with van der Waals surface area (Å²) in [6.45, 7) is 0.190. The molecule has 80 valence electrons. The molecule has 0 fully saturated rings. The SMILES string of the molecule is COc1ccc(CNC(=O)C(=O)O)cc1. The normalized spacial score (nSPS) is 9.40. The van der Waals surface area contributed by atoms with E-state index in [4.69, 9.17) is 9.84 Å². The van der Waals surface area contributed by atoms with Crippen molar-refractivity contribution in [3.63, 3.8) is 0 Å². The number of benzene rings is 1. The lowest BCUT2D eigenvalue weighted by Crippen LogP contribution is -2.29. The predicted molar refractivity (Wildman–Crippen MR) is 52.5 cm³/mol. The Morgan fingerprint density at radius 2 is 1.93 bits per heavy atom. The minimum atomic E-state index is -1.48. The van der Waals surface area contributed by atoms with E-state index in [1.54, 1.807) is 31.4 Å². The largest absolute Gasteiger partial charge is 0.497 e. The van der Waals surface area contributed by atoms with Gasteiger partial charge in [-0.3, -0.25) is 4.79 Å². The van der Waals surface area contributed by atoms with Gasteiger partial charge in [0.1, 0.15) is 5.75 Å². The molecule has 15 heavy (non-hydrogen) atoms. The zero-order valence-electron chi connectivity index (χ0n) is 8.19. The number of carbonyl (C=O) groups excluding carboxylic acids is 1. The van der Waals surface area contributed by atoms with Crippen LogP contribution in [0.1, 0.15) is 5.56 Å².